The van der Waals surface area contributed by atoms with Gasteiger partial charge in [-0.25, -0.2) is 4.79 Å². The van der Waals surface area contributed by atoms with Crippen LogP contribution in [0.5, 0.6) is 0 Å². The molecule has 0 aromatic rings. The average Bonchev–Trinajstić information content (AvgIpc) is 2.15. The molecule has 0 aromatic heterocycles. The second kappa shape index (κ2) is 5.53. The van der Waals surface area contributed by atoms with E-state index in [1.165, 1.54) is 0 Å². The molecule has 94 valence electrons. The zero-order chi connectivity index (χ0) is 12.3. The molecule has 1 rings (SSSR count). The van der Waals surface area contributed by atoms with Gasteiger partial charge in [0, 0.05) is 19.1 Å². The van der Waals surface area contributed by atoms with Gasteiger partial charge in [0.25, 0.3) is 0 Å². The molecule has 1 aliphatic rings. The molecule has 0 radical (unpaired) electrons. The smallest absolute Gasteiger partial charge is 0.317 e. The molecule has 0 aliphatic carbocycles. The van der Waals surface area contributed by atoms with E-state index >= 15 is 0 Å². The van der Waals surface area contributed by atoms with Gasteiger partial charge in [-0.2, -0.15) is 0 Å². The Bertz CT molecular complexity index is 233. The normalized spacial score (nSPS) is 28.0. The number of hydrogen-bond acceptors (Lipinski definition) is 2. The largest absolute Gasteiger partial charge is 0.372 e. The van der Waals surface area contributed by atoms with E-state index in [0.717, 1.165) is 0 Å². The molecule has 2 amide bonds. The number of carbonyl (C=O) groups excluding carboxylic acids is 1. The van der Waals surface area contributed by atoms with E-state index in [1.807, 2.05) is 25.7 Å². The molecule has 3 unspecified atom stereocenters. The highest BCUT2D eigenvalue weighted by molar-refractivity contribution is 5.74. The number of hydrogen-bond donors (Lipinski definition) is 1. The van der Waals surface area contributed by atoms with Crippen LogP contribution in [0.1, 0.15) is 34.6 Å². The molecule has 0 aromatic carbocycles. The van der Waals surface area contributed by atoms with E-state index in [-0.39, 0.29) is 24.3 Å². The van der Waals surface area contributed by atoms with Gasteiger partial charge in [0.15, 0.2) is 0 Å². The first-order chi connectivity index (χ1) is 7.40. The number of nitrogens with zero attached hydrogens (tertiary/aromatic N) is 1. The van der Waals surface area contributed by atoms with Crippen LogP contribution in [0.4, 0.5) is 4.79 Å². The van der Waals surface area contributed by atoms with E-state index < -0.39 is 0 Å². The van der Waals surface area contributed by atoms with E-state index in [9.17, 15) is 4.79 Å². The maximum Gasteiger partial charge on any atom is 0.317 e. The molecule has 1 aliphatic heterocycles. The number of morpholine rings is 1. The maximum absolute atomic E-state index is 12.0. The third-order valence-corrected chi connectivity index (χ3v) is 3.06. The van der Waals surface area contributed by atoms with E-state index in [2.05, 4.69) is 19.2 Å². The van der Waals surface area contributed by atoms with Crippen molar-refractivity contribution in [2.75, 3.05) is 13.1 Å². The molecule has 3 atom stereocenters. The summed E-state index contributed by atoms with van der Waals surface area (Å²) in [6.45, 7) is 11.6. The summed E-state index contributed by atoms with van der Waals surface area (Å²) in [6.07, 6.45) is 0.257. The molecule has 16 heavy (non-hydrogen) atoms. The highest BCUT2D eigenvalue weighted by Crippen LogP contribution is 2.11. The van der Waals surface area contributed by atoms with Gasteiger partial charge < -0.3 is 15.0 Å². The van der Waals surface area contributed by atoms with Gasteiger partial charge in [-0.3, -0.25) is 0 Å². The monoisotopic (exact) mass is 228 g/mol. The van der Waals surface area contributed by atoms with Crippen molar-refractivity contribution in [2.45, 2.75) is 52.9 Å². The lowest BCUT2D eigenvalue weighted by atomic mass is 10.1. The molecule has 1 saturated heterocycles. The van der Waals surface area contributed by atoms with Crippen molar-refractivity contribution in [3.63, 3.8) is 0 Å². The topological polar surface area (TPSA) is 41.6 Å². The second-order valence-corrected chi connectivity index (χ2v) is 5.14. The number of urea groups is 1. The van der Waals surface area contributed by atoms with Crippen molar-refractivity contribution in [2.24, 2.45) is 5.92 Å². The third kappa shape index (κ3) is 3.67. The number of ether oxygens (including phenoxy) is 1. The summed E-state index contributed by atoms with van der Waals surface area (Å²) < 4.78 is 5.60. The summed E-state index contributed by atoms with van der Waals surface area (Å²) in [5.41, 5.74) is 0. The fraction of sp³-hybridized carbons (Fsp3) is 0.917. The van der Waals surface area contributed by atoms with Crippen molar-refractivity contribution in [1.29, 1.82) is 0 Å². The lowest BCUT2D eigenvalue weighted by Gasteiger charge is -2.36. The molecular formula is C12H24N2O2. The lowest BCUT2D eigenvalue weighted by molar-refractivity contribution is -0.0548. The quantitative estimate of drug-likeness (QED) is 0.783. The molecule has 0 spiro atoms. The fourth-order valence-electron chi connectivity index (χ4n) is 1.80. The van der Waals surface area contributed by atoms with Crippen LogP contribution in [0.15, 0.2) is 0 Å². The molecule has 1 fully saturated rings. The van der Waals surface area contributed by atoms with Gasteiger partial charge >= 0.3 is 6.03 Å². The Morgan fingerprint density at radius 1 is 1.25 bits per heavy atom. The van der Waals surface area contributed by atoms with E-state index in [0.29, 0.717) is 19.0 Å². The predicted octanol–water partition coefficient (Wildman–Crippen LogP) is 1.85. The van der Waals surface area contributed by atoms with Crippen molar-refractivity contribution >= 4 is 6.03 Å². The Hall–Kier alpha value is -0.770. The van der Waals surface area contributed by atoms with Crippen LogP contribution in [0.3, 0.4) is 0 Å². The Morgan fingerprint density at radius 3 is 2.19 bits per heavy atom. The van der Waals surface area contributed by atoms with Crippen molar-refractivity contribution in [3.8, 4) is 0 Å². The summed E-state index contributed by atoms with van der Waals surface area (Å²) in [4.78, 5) is 13.8. The molecule has 1 N–H and O–H groups in total. The highest BCUT2D eigenvalue weighted by Gasteiger charge is 2.26. The van der Waals surface area contributed by atoms with Crippen LogP contribution in [0.2, 0.25) is 0 Å². The van der Waals surface area contributed by atoms with Crippen LogP contribution >= 0.6 is 0 Å². The Balaban J connectivity index is 2.47. The van der Waals surface area contributed by atoms with Gasteiger partial charge in [-0.1, -0.05) is 13.8 Å². The standard InChI is InChI=1S/C12H24N2O2/c1-8(2)11(5)13-12(15)14-6-9(3)16-10(4)7-14/h8-11H,6-7H2,1-5H3,(H,13,15). The van der Waals surface area contributed by atoms with Crippen LogP contribution in [0.25, 0.3) is 0 Å². The SMILES string of the molecule is CC1CN(C(=O)NC(C)C(C)C)CC(C)O1. The number of nitrogens with one attached hydrogen (secondary N) is 1. The van der Waals surface area contributed by atoms with Crippen LogP contribution in [0, 0.1) is 5.92 Å². The summed E-state index contributed by atoms with van der Waals surface area (Å²) in [7, 11) is 0. The predicted molar refractivity (Wildman–Crippen MR) is 64.4 cm³/mol. The molecule has 1 heterocycles. The van der Waals surface area contributed by atoms with Gasteiger partial charge in [-0.05, 0) is 26.7 Å². The Labute approximate surface area is 98.3 Å². The zero-order valence-electron chi connectivity index (χ0n) is 11.0. The van der Waals surface area contributed by atoms with Crippen molar-refractivity contribution in [3.05, 3.63) is 0 Å². The van der Waals surface area contributed by atoms with Gasteiger partial charge in [0.1, 0.15) is 0 Å². The number of carbonyl (C=O) groups is 1. The number of amides is 2. The summed E-state index contributed by atoms with van der Waals surface area (Å²) >= 11 is 0. The van der Waals surface area contributed by atoms with Gasteiger partial charge in [0.05, 0.1) is 12.2 Å². The van der Waals surface area contributed by atoms with Gasteiger partial charge in [-0.15, -0.1) is 0 Å². The average molecular weight is 228 g/mol. The van der Waals surface area contributed by atoms with Crippen LogP contribution < -0.4 is 5.32 Å². The lowest BCUT2D eigenvalue weighted by Crippen LogP contribution is -2.53. The van der Waals surface area contributed by atoms with Crippen LogP contribution in [-0.2, 0) is 4.74 Å². The molecule has 0 saturated carbocycles. The molecular weight excluding hydrogens is 204 g/mol. The highest BCUT2D eigenvalue weighted by atomic mass is 16.5. The minimum absolute atomic E-state index is 0.0307. The van der Waals surface area contributed by atoms with E-state index in [4.69, 9.17) is 4.74 Å². The molecule has 4 heteroatoms. The van der Waals surface area contributed by atoms with Crippen LogP contribution in [-0.4, -0.2) is 42.3 Å². The molecule has 0 bridgehead atoms. The summed E-state index contributed by atoms with van der Waals surface area (Å²) in [5, 5.41) is 3.02. The van der Waals surface area contributed by atoms with Crippen molar-refractivity contribution in [1.82, 2.24) is 10.2 Å². The summed E-state index contributed by atoms with van der Waals surface area (Å²) in [5.74, 6) is 0.458. The first-order valence-electron chi connectivity index (χ1n) is 6.11. The Morgan fingerprint density at radius 2 is 1.75 bits per heavy atom. The maximum atomic E-state index is 12.0. The minimum Gasteiger partial charge on any atom is -0.372 e. The van der Waals surface area contributed by atoms with Crippen molar-refractivity contribution < 1.29 is 9.53 Å². The van der Waals surface area contributed by atoms with E-state index in [1.54, 1.807) is 0 Å². The van der Waals surface area contributed by atoms with Gasteiger partial charge in [0.2, 0.25) is 0 Å². The second-order valence-electron chi connectivity index (χ2n) is 5.14. The fourth-order valence-corrected chi connectivity index (χ4v) is 1.80. The zero-order valence-corrected chi connectivity index (χ0v) is 11.0. The minimum atomic E-state index is 0.0307. The number of rotatable bonds is 2. The first-order valence-corrected chi connectivity index (χ1v) is 6.11. The third-order valence-electron chi connectivity index (χ3n) is 3.06. The Kier molecular flexibility index (Phi) is 4.59. The first kappa shape index (κ1) is 13.3. The molecule has 4 nitrogen and oxygen atoms in total. The summed E-state index contributed by atoms with van der Waals surface area (Å²) in [6, 6.07) is 0.240.